The van der Waals surface area contributed by atoms with Crippen molar-refractivity contribution in [3.05, 3.63) is 53.8 Å². The number of allylic oxidation sites excluding steroid dienone is 3. The fourth-order valence-corrected chi connectivity index (χ4v) is 2.44. The molecule has 4 heteroatoms. The molecule has 0 aliphatic heterocycles. The highest BCUT2D eigenvalue weighted by molar-refractivity contribution is 5.68. The van der Waals surface area contributed by atoms with Gasteiger partial charge in [0, 0.05) is 16.7 Å². The minimum absolute atomic E-state index is 0.269. The largest absolute Gasteiger partial charge is 0.508 e. The van der Waals surface area contributed by atoms with Crippen LogP contribution in [0.4, 0.5) is 4.79 Å². The number of carbonyl (C=O) groups is 1. The summed E-state index contributed by atoms with van der Waals surface area (Å²) < 4.78 is 0. The van der Waals surface area contributed by atoms with Gasteiger partial charge < -0.3 is 10.2 Å². The van der Waals surface area contributed by atoms with E-state index in [1.807, 2.05) is 24.3 Å². The topological polar surface area (TPSA) is 69.6 Å². The van der Waals surface area contributed by atoms with Gasteiger partial charge in [-0.25, -0.2) is 4.79 Å². The summed E-state index contributed by atoms with van der Waals surface area (Å²) >= 11 is 0. The Morgan fingerprint density at radius 2 is 2.16 bits per heavy atom. The van der Waals surface area contributed by atoms with Crippen LogP contribution in [-0.4, -0.2) is 16.3 Å². The summed E-state index contributed by atoms with van der Waals surface area (Å²) in [6, 6.07) is 7.28. The molecule has 1 aromatic carbocycles. The summed E-state index contributed by atoms with van der Waals surface area (Å²) in [5.74, 6) is 0.275. The van der Waals surface area contributed by atoms with E-state index in [9.17, 15) is 9.90 Å². The summed E-state index contributed by atoms with van der Waals surface area (Å²) in [4.78, 5) is 10.6. The minimum Gasteiger partial charge on any atom is -0.508 e. The fraction of sp³-hybridized carbons (Fsp3) is 0.267. The molecule has 0 aromatic heterocycles. The van der Waals surface area contributed by atoms with Crippen molar-refractivity contribution in [3.63, 3.8) is 0 Å². The summed E-state index contributed by atoms with van der Waals surface area (Å²) in [6.45, 7) is 2.06. The number of rotatable bonds is 3. The molecule has 0 saturated heterocycles. The van der Waals surface area contributed by atoms with Crippen LogP contribution in [0.2, 0.25) is 0 Å². The van der Waals surface area contributed by atoms with Crippen molar-refractivity contribution in [1.82, 2.24) is 5.32 Å². The van der Waals surface area contributed by atoms with Gasteiger partial charge in [-0.3, -0.25) is 5.32 Å². The second-order valence-electron chi connectivity index (χ2n) is 4.65. The lowest BCUT2D eigenvalue weighted by Gasteiger charge is -2.32. The average Bonchev–Trinajstić information content (AvgIpc) is 2.40. The Labute approximate surface area is 112 Å². The molecule has 1 unspecified atom stereocenters. The summed E-state index contributed by atoms with van der Waals surface area (Å²) in [5, 5.41) is 21.0. The van der Waals surface area contributed by atoms with Crippen molar-refractivity contribution in [2.45, 2.75) is 25.2 Å². The first-order valence-corrected chi connectivity index (χ1v) is 6.25. The van der Waals surface area contributed by atoms with E-state index in [1.165, 1.54) is 0 Å². The van der Waals surface area contributed by atoms with Gasteiger partial charge in [0.25, 0.3) is 0 Å². The van der Waals surface area contributed by atoms with Gasteiger partial charge in [-0.05, 0) is 25.0 Å². The molecule has 19 heavy (non-hydrogen) atoms. The molecule has 0 radical (unpaired) electrons. The van der Waals surface area contributed by atoms with Crippen LogP contribution < -0.4 is 5.32 Å². The van der Waals surface area contributed by atoms with Crippen LogP contribution in [0.5, 0.6) is 5.75 Å². The third-order valence-corrected chi connectivity index (χ3v) is 3.59. The van der Waals surface area contributed by atoms with Crippen molar-refractivity contribution in [3.8, 4) is 5.75 Å². The molecule has 1 amide bonds. The van der Waals surface area contributed by atoms with Crippen molar-refractivity contribution >= 4 is 6.09 Å². The van der Waals surface area contributed by atoms with E-state index in [-0.39, 0.29) is 11.2 Å². The summed E-state index contributed by atoms with van der Waals surface area (Å²) in [7, 11) is 0. The highest BCUT2D eigenvalue weighted by Gasteiger charge is 2.31. The number of amides is 1. The van der Waals surface area contributed by atoms with E-state index in [2.05, 4.69) is 12.2 Å². The van der Waals surface area contributed by atoms with E-state index in [0.29, 0.717) is 12.1 Å². The highest BCUT2D eigenvalue weighted by atomic mass is 16.4. The molecule has 0 spiro atoms. The third-order valence-electron chi connectivity index (χ3n) is 3.59. The van der Waals surface area contributed by atoms with Crippen LogP contribution >= 0.6 is 0 Å². The van der Waals surface area contributed by atoms with Crippen LogP contribution in [0.1, 0.15) is 25.3 Å². The molecule has 1 aliphatic carbocycles. The Balaban J connectivity index is 2.29. The Hall–Kier alpha value is -2.23. The SMILES string of the molecule is CCC1(c2ccccc2O)C=CC(NC(=O)O)=CC1. The summed E-state index contributed by atoms with van der Waals surface area (Å²) in [6.07, 6.45) is 6.00. The van der Waals surface area contributed by atoms with Gasteiger partial charge >= 0.3 is 6.09 Å². The van der Waals surface area contributed by atoms with Gasteiger partial charge in [-0.2, -0.15) is 0 Å². The van der Waals surface area contributed by atoms with Gasteiger partial charge in [0.2, 0.25) is 0 Å². The molecule has 3 N–H and O–H groups in total. The van der Waals surface area contributed by atoms with Crippen LogP contribution in [-0.2, 0) is 5.41 Å². The first-order valence-electron chi connectivity index (χ1n) is 6.25. The molecule has 1 aromatic rings. The van der Waals surface area contributed by atoms with Crippen LogP contribution in [0.3, 0.4) is 0 Å². The molecule has 0 bridgehead atoms. The maximum Gasteiger partial charge on any atom is 0.409 e. The molecule has 1 atom stereocenters. The number of hydrogen-bond donors (Lipinski definition) is 3. The van der Waals surface area contributed by atoms with Crippen molar-refractivity contribution in [1.29, 1.82) is 0 Å². The second-order valence-corrected chi connectivity index (χ2v) is 4.65. The number of carboxylic acid groups (broad SMARTS) is 1. The minimum atomic E-state index is -1.07. The van der Waals surface area contributed by atoms with Gasteiger partial charge in [0.1, 0.15) is 5.75 Å². The zero-order chi connectivity index (χ0) is 13.9. The number of phenols is 1. The van der Waals surface area contributed by atoms with Gasteiger partial charge in [0.05, 0.1) is 0 Å². The smallest absolute Gasteiger partial charge is 0.409 e. The van der Waals surface area contributed by atoms with Gasteiger partial charge in [0.15, 0.2) is 0 Å². The molecular formula is C15H17NO3. The van der Waals surface area contributed by atoms with E-state index >= 15 is 0 Å². The zero-order valence-corrected chi connectivity index (χ0v) is 10.8. The van der Waals surface area contributed by atoms with E-state index < -0.39 is 6.09 Å². The normalized spacial score (nSPS) is 21.8. The molecular weight excluding hydrogens is 242 g/mol. The highest BCUT2D eigenvalue weighted by Crippen LogP contribution is 2.40. The van der Waals surface area contributed by atoms with Crippen LogP contribution in [0.15, 0.2) is 48.2 Å². The average molecular weight is 259 g/mol. The van der Waals surface area contributed by atoms with Gasteiger partial charge in [-0.15, -0.1) is 0 Å². The molecule has 1 aliphatic rings. The van der Waals surface area contributed by atoms with Crippen molar-refractivity contribution in [2.24, 2.45) is 0 Å². The number of benzene rings is 1. The number of nitrogens with one attached hydrogen (secondary N) is 1. The number of phenolic OH excluding ortho intramolecular Hbond substituents is 1. The maximum atomic E-state index is 10.6. The van der Waals surface area contributed by atoms with Crippen molar-refractivity contribution in [2.75, 3.05) is 0 Å². The Morgan fingerprint density at radius 1 is 1.42 bits per heavy atom. The van der Waals surface area contributed by atoms with E-state index in [4.69, 9.17) is 5.11 Å². The lowest BCUT2D eigenvalue weighted by Crippen LogP contribution is -2.27. The number of para-hydroxylation sites is 1. The number of aromatic hydroxyl groups is 1. The first-order chi connectivity index (χ1) is 9.07. The van der Waals surface area contributed by atoms with Crippen LogP contribution in [0, 0.1) is 0 Å². The first kappa shape index (κ1) is 13.2. The Morgan fingerprint density at radius 3 is 2.68 bits per heavy atom. The molecule has 2 rings (SSSR count). The lowest BCUT2D eigenvalue weighted by molar-refractivity contribution is 0.197. The predicted octanol–water partition coefficient (Wildman–Crippen LogP) is 3.15. The van der Waals surface area contributed by atoms with Crippen molar-refractivity contribution < 1.29 is 15.0 Å². The maximum absolute atomic E-state index is 10.6. The molecule has 0 saturated carbocycles. The zero-order valence-electron chi connectivity index (χ0n) is 10.8. The van der Waals surface area contributed by atoms with Gasteiger partial charge in [-0.1, -0.05) is 37.3 Å². The lowest BCUT2D eigenvalue weighted by atomic mass is 9.73. The summed E-state index contributed by atoms with van der Waals surface area (Å²) in [5.41, 5.74) is 1.18. The standard InChI is InChI=1S/C15H17NO3/c1-2-15(12-5-3-4-6-13(12)17)9-7-11(8-10-15)16-14(18)19/h3-9,16-17H,2,10H2,1H3,(H,18,19). The van der Waals surface area contributed by atoms with Crippen LogP contribution in [0.25, 0.3) is 0 Å². The quantitative estimate of drug-likeness (QED) is 0.781. The number of hydrogen-bond acceptors (Lipinski definition) is 2. The second kappa shape index (κ2) is 5.18. The third kappa shape index (κ3) is 2.62. The molecule has 4 nitrogen and oxygen atoms in total. The fourth-order valence-electron chi connectivity index (χ4n) is 2.44. The van der Waals surface area contributed by atoms with E-state index in [0.717, 1.165) is 12.0 Å². The Kier molecular flexibility index (Phi) is 3.60. The molecule has 100 valence electrons. The monoisotopic (exact) mass is 259 g/mol. The molecule has 0 fully saturated rings. The molecule has 0 heterocycles. The Bertz CT molecular complexity index is 548. The predicted molar refractivity (Wildman–Crippen MR) is 73.1 cm³/mol. The van der Waals surface area contributed by atoms with E-state index in [1.54, 1.807) is 18.2 Å².